The van der Waals surface area contributed by atoms with E-state index in [1.54, 1.807) is 43.4 Å². The molecule has 0 saturated heterocycles. The number of nitrogens with zero attached hydrogens (tertiary/aromatic N) is 1. The molecule has 0 saturated carbocycles. The number of halogens is 2. The van der Waals surface area contributed by atoms with Crippen molar-refractivity contribution in [2.45, 2.75) is 32.4 Å². The van der Waals surface area contributed by atoms with Crippen LogP contribution < -0.4 is 5.32 Å². The first-order chi connectivity index (χ1) is 8.15. The molecule has 0 aliphatic rings. The van der Waals surface area contributed by atoms with Crippen molar-refractivity contribution in [3.63, 3.8) is 0 Å². The number of anilines is 1. The summed E-state index contributed by atoms with van der Waals surface area (Å²) in [6, 6.07) is 2.24. The molecule has 1 aromatic rings. The van der Waals surface area contributed by atoms with E-state index in [1.165, 1.54) is 0 Å². The molecule has 0 bridgehead atoms. The lowest BCUT2D eigenvalue weighted by molar-refractivity contribution is -0.384. The molecular formula is C11H14FIN2O3. The molecule has 1 unspecified atom stereocenters. The quantitative estimate of drug-likeness (QED) is 0.487. The minimum Gasteiger partial charge on any atom is -0.391 e. The summed E-state index contributed by atoms with van der Waals surface area (Å²) < 4.78 is 13.6. The van der Waals surface area contributed by atoms with Crippen molar-refractivity contribution in [1.82, 2.24) is 0 Å². The first-order valence-electron chi connectivity index (χ1n) is 5.25. The molecule has 0 fully saturated rings. The van der Waals surface area contributed by atoms with Crippen LogP contribution in [-0.2, 0) is 0 Å². The SMILES string of the molecule is CC(O)C(C)(C)Nc1cc(F)c(I)cc1[N+](=O)[O-]. The van der Waals surface area contributed by atoms with Gasteiger partial charge in [-0.1, -0.05) is 0 Å². The number of nitro groups is 1. The third-order valence-corrected chi connectivity index (χ3v) is 3.56. The average molecular weight is 368 g/mol. The van der Waals surface area contributed by atoms with E-state index in [-0.39, 0.29) is 14.9 Å². The van der Waals surface area contributed by atoms with Crippen molar-refractivity contribution in [2.24, 2.45) is 0 Å². The topological polar surface area (TPSA) is 75.4 Å². The standard InChI is InChI=1S/C11H14FIN2O3/c1-6(16)11(2,3)14-9-4-7(12)8(13)5-10(9)15(17)18/h4-6,14,16H,1-3H3. The molecule has 5 nitrogen and oxygen atoms in total. The highest BCUT2D eigenvalue weighted by Gasteiger charge is 2.28. The van der Waals surface area contributed by atoms with E-state index in [0.717, 1.165) is 12.1 Å². The lowest BCUT2D eigenvalue weighted by Crippen LogP contribution is -2.42. The summed E-state index contributed by atoms with van der Waals surface area (Å²) in [5, 5.41) is 23.3. The van der Waals surface area contributed by atoms with Gasteiger partial charge in [-0.2, -0.15) is 0 Å². The number of benzene rings is 1. The van der Waals surface area contributed by atoms with Gasteiger partial charge >= 0.3 is 0 Å². The van der Waals surface area contributed by atoms with Crippen molar-refractivity contribution in [3.05, 3.63) is 31.6 Å². The minimum absolute atomic E-state index is 0.0591. The lowest BCUT2D eigenvalue weighted by Gasteiger charge is -2.30. The largest absolute Gasteiger partial charge is 0.391 e. The molecule has 7 heteroatoms. The summed E-state index contributed by atoms with van der Waals surface area (Å²) in [5.74, 6) is -0.537. The summed E-state index contributed by atoms with van der Waals surface area (Å²) in [5.41, 5.74) is -0.956. The maximum atomic E-state index is 13.5. The summed E-state index contributed by atoms with van der Waals surface area (Å²) in [6.07, 6.45) is -0.751. The third-order valence-electron chi connectivity index (χ3n) is 2.74. The Labute approximate surface area is 118 Å². The number of aliphatic hydroxyl groups excluding tert-OH is 1. The monoisotopic (exact) mass is 368 g/mol. The molecule has 100 valence electrons. The summed E-state index contributed by atoms with van der Waals surface area (Å²) in [7, 11) is 0. The third kappa shape index (κ3) is 3.29. The van der Waals surface area contributed by atoms with Crippen molar-refractivity contribution < 1.29 is 14.4 Å². The summed E-state index contributed by atoms with van der Waals surface area (Å²) >= 11 is 1.69. The predicted molar refractivity (Wildman–Crippen MR) is 75.2 cm³/mol. The van der Waals surface area contributed by atoms with Gasteiger partial charge in [0.25, 0.3) is 5.69 Å². The second-order valence-corrected chi connectivity index (χ2v) is 5.73. The van der Waals surface area contributed by atoms with Crippen LogP contribution >= 0.6 is 22.6 Å². The summed E-state index contributed by atoms with van der Waals surface area (Å²) in [4.78, 5) is 10.3. The van der Waals surface area contributed by atoms with Crippen LogP contribution in [0.3, 0.4) is 0 Å². The van der Waals surface area contributed by atoms with Crippen molar-refractivity contribution in [3.8, 4) is 0 Å². The molecule has 0 aliphatic heterocycles. The molecule has 0 aliphatic carbocycles. The number of aliphatic hydroxyl groups is 1. The highest BCUT2D eigenvalue weighted by atomic mass is 127. The zero-order valence-electron chi connectivity index (χ0n) is 10.2. The van der Waals surface area contributed by atoms with Crippen LogP contribution in [0.5, 0.6) is 0 Å². The van der Waals surface area contributed by atoms with Gasteiger partial charge in [0.1, 0.15) is 11.5 Å². The number of hydrogen-bond donors (Lipinski definition) is 2. The Balaban J connectivity index is 3.23. The smallest absolute Gasteiger partial charge is 0.293 e. The normalized spacial score (nSPS) is 13.2. The van der Waals surface area contributed by atoms with Crippen molar-refractivity contribution >= 4 is 34.0 Å². The van der Waals surface area contributed by atoms with Crippen LogP contribution in [0.15, 0.2) is 12.1 Å². The Bertz CT molecular complexity index is 478. The van der Waals surface area contributed by atoms with Crippen molar-refractivity contribution in [2.75, 3.05) is 5.32 Å². The van der Waals surface area contributed by atoms with E-state index in [1.807, 2.05) is 0 Å². The van der Waals surface area contributed by atoms with E-state index in [4.69, 9.17) is 0 Å². The Hall–Kier alpha value is -0.960. The van der Waals surface area contributed by atoms with E-state index in [2.05, 4.69) is 5.32 Å². The molecule has 2 N–H and O–H groups in total. The Morgan fingerprint density at radius 1 is 1.56 bits per heavy atom. The van der Waals surface area contributed by atoms with Gasteiger partial charge in [0, 0.05) is 12.1 Å². The Morgan fingerprint density at radius 2 is 2.11 bits per heavy atom. The second-order valence-electron chi connectivity index (χ2n) is 4.56. The van der Waals surface area contributed by atoms with Gasteiger partial charge in [0.2, 0.25) is 0 Å². The molecular weight excluding hydrogens is 354 g/mol. The molecule has 1 rings (SSSR count). The van der Waals surface area contributed by atoms with Gasteiger partial charge in [-0.05, 0) is 43.4 Å². The number of hydrogen-bond acceptors (Lipinski definition) is 4. The molecule has 0 radical (unpaired) electrons. The molecule has 1 atom stereocenters. The molecule has 18 heavy (non-hydrogen) atoms. The number of nitro benzene ring substituents is 1. The molecule has 1 aromatic carbocycles. The number of nitrogens with one attached hydrogen (secondary N) is 1. The van der Waals surface area contributed by atoms with E-state index in [9.17, 15) is 19.6 Å². The maximum absolute atomic E-state index is 13.5. The van der Waals surface area contributed by atoms with Crippen LogP contribution in [0.1, 0.15) is 20.8 Å². The van der Waals surface area contributed by atoms with Gasteiger partial charge in [0.05, 0.1) is 20.1 Å². The van der Waals surface area contributed by atoms with Gasteiger partial charge < -0.3 is 10.4 Å². The molecule has 0 aromatic heterocycles. The van der Waals surface area contributed by atoms with Gasteiger partial charge in [-0.3, -0.25) is 10.1 Å². The maximum Gasteiger partial charge on any atom is 0.293 e. The first-order valence-corrected chi connectivity index (χ1v) is 6.32. The molecule has 0 heterocycles. The average Bonchev–Trinajstić information content (AvgIpc) is 2.22. The zero-order valence-corrected chi connectivity index (χ0v) is 12.4. The zero-order chi connectivity index (χ0) is 14.1. The Morgan fingerprint density at radius 3 is 2.56 bits per heavy atom. The van der Waals surface area contributed by atoms with Crippen LogP contribution in [0.4, 0.5) is 15.8 Å². The van der Waals surface area contributed by atoms with Crippen LogP contribution in [0.2, 0.25) is 0 Å². The minimum atomic E-state index is -0.802. The van der Waals surface area contributed by atoms with E-state index >= 15 is 0 Å². The van der Waals surface area contributed by atoms with Crippen LogP contribution in [-0.4, -0.2) is 21.7 Å². The second kappa shape index (κ2) is 5.35. The fourth-order valence-corrected chi connectivity index (χ4v) is 1.69. The van der Waals surface area contributed by atoms with Gasteiger partial charge in [0.15, 0.2) is 0 Å². The predicted octanol–water partition coefficient (Wildman–Crippen LogP) is 2.91. The fraction of sp³-hybridized carbons (Fsp3) is 0.455. The first kappa shape index (κ1) is 15.1. The van der Waals surface area contributed by atoms with E-state index in [0.29, 0.717) is 0 Å². The van der Waals surface area contributed by atoms with E-state index < -0.39 is 22.4 Å². The van der Waals surface area contributed by atoms with Gasteiger partial charge in [-0.15, -0.1) is 0 Å². The van der Waals surface area contributed by atoms with Crippen LogP contribution in [0, 0.1) is 19.5 Å². The molecule has 0 amide bonds. The molecule has 0 spiro atoms. The lowest BCUT2D eigenvalue weighted by atomic mass is 9.98. The van der Waals surface area contributed by atoms with Crippen molar-refractivity contribution in [1.29, 1.82) is 0 Å². The highest BCUT2D eigenvalue weighted by Crippen LogP contribution is 2.31. The Kier molecular flexibility index (Phi) is 4.49. The highest BCUT2D eigenvalue weighted by molar-refractivity contribution is 14.1. The van der Waals surface area contributed by atoms with Crippen LogP contribution in [0.25, 0.3) is 0 Å². The summed E-state index contributed by atoms with van der Waals surface area (Å²) in [6.45, 7) is 4.91. The fourth-order valence-electron chi connectivity index (χ4n) is 1.24. The van der Waals surface area contributed by atoms with Gasteiger partial charge in [-0.25, -0.2) is 4.39 Å². The number of rotatable bonds is 4.